The minimum Gasteiger partial charge on any atom is -0.327 e. The first-order chi connectivity index (χ1) is 7.39. The van der Waals surface area contributed by atoms with Gasteiger partial charge < -0.3 is 5.73 Å². The third-order valence-electron chi connectivity index (χ3n) is 2.79. The Morgan fingerprint density at radius 2 is 2.19 bits per heavy atom. The highest BCUT2D eigenvalue weighted by Gasteiger charge is 2.22. The molecule has 0 saturated carbocycles. The summed E-state index contributed by atoms with van der Waals surface area (Å²) in [4.78, 5) is 13.0. The summed E-state index contributed by atoms with van der Waals surface area (Å²) in [5.41, 5.74) is 5.99. The molecule has 2 N–H and O–H groups in total. The summed E-state index contributed by atoms with van der Waals surface area (Å²) in [6.45, 7) is 6.22. The van der Waals surface area contributed by atoms with Crippen molar-refractivity contribution in [3.63, 3.8) is 0 Å². The summed E-state index contributed by atoms with van der Waals surface area (Å²) in [6.07, 6.45) is 1.96. The van der Waals surface area contributed by atoms with Crippen LogP contribution in [-0.2, 0) is 11.2 Å². The van der Waals surface area contributed by atoms with Crippen molar-refractivity contribution in [2.45, 2.75) is 46.1 Å². The highest BCUT2D eigenvalue weighted by molar-refractivity contribution is 7.09. The monoisotopic (exact) mass is 239 g/mol. The van der Waals surface area contributed by atoms with Crippen LogP contribution < -0.4 is 5.73 Å². The van der Waals surface area contributed by atoms with Gasteiger partial charge in [-0.15, -0.1) is 11.3 Å². The zero-order valence-corrected chi connectivity index (χ0v) is 11.1. The van der Waals surface area contributed by atoms with Crippen LogP contribution in [-0.4, -0.2) is 11.8 Å². The van der Waals surface area contributed by atoms with Gasteiger partial charge in [0, 0.05) is 23.8 Å². The van der Waals surface area contributed by atoms with E-state index in [1.807, 2.05) is 11.4 Å². The molecule has 0 aromatic carbocycles. The number of nitrogens with two attached hydrogens (primary N) is 1. The third-order valence-corrected chi connectivity index (χ3v) is 3.73. The number of aryl methyl sites for hydroxylation is 1. The number of thiophene rings is 1. The Hall–Kier alpha value is -0.670. The molecule has 0 spiro atoms. The van der Waals surface area contributed by atoms with Gasteiger partial charge >= 0.3 is 0 Å². The van der Waals surface area contributed by atoms with Crippen molar-refractivity contribution >= 4 is 17.1 Å². The molecule has 3 heteroatoms. The van der Waals surface area contributed by atoms with Crippen molar-refractivity contribution in [1.82, 2.24) is 0 Å². The van der Waals surface area contributed by atoms with Crippen LogP contribution in [0.1, 0.15) is 38.5 Å². The van der Waals surface area contributed by atoms with Crippen molar-refractivity contribution < 1.29 is 4.79 Å². The predicted molar refractivity (Wildman–Crippen MR) is 69.7 cm³/mol. The van der Waals surface area contributed by atoms with Crippen molar-refractivity contribution in [2.75, 3.05) is 0 Å². The zero-order valence-electron chi connectivity index (χ0n) is 10.3. The van der Waals surface area contributed by atoms with Crippen LogP contribution >= 0.6 is 11.3 Å². The summed E-state index contributed by atoms with van der Waals surface area (Å²) in [5, 5.41) is 2.04. The average molecular weight is 239 g/mol. The van der Waals surface area contributed by atoms with E-state index >= 15 is 0 Å². The van der Waals surface area contributed by atoms with Gasteiger partial charge in [0.25, 0.3) is 0 Å². The quantitative estimate of drug-likeness (QED) is 0.858. The van der Waals surface area contributed by atoms with Gasteiger partial charge in [-0.2, -0.15) is 0 Å². The van der Waals surface area contributed by atoms with Crippen molar-refractivity contribution in [3.05, 3.63) is 22.4 Å². The molecule has 90 valence electrons. The maximum absolute atomic E-state index is 11.7. The second-order valence-corrected chi connectivity index (χ2v) is 6.33. The number of carbonyl (C=O) groups excluding carboxylic acids is 1. The van der Waals surface area contributed by atoms with Crippen molar-refractivity contribution in [2.24, 2.45) is 11.1 Å². The maximum Gasteiger partial charge on any atom is 0.134 e. The fourth-order valence-electron chi connectivity index (χ4n) is 1.37. The molecule has 1 unspecified atom stereocenters. The van der Waals surface area contributed by atoms with E-state index in [0.29, 0.717) is 12.8 Å². The van der Waals surface area contributed by atoms with E-state index in [-0.39, 0.29) is 17.2 Å². The Morgan fingerprint density at radius 1 is 1.50 bits per heavy atom. The fourth-order valence-corrected chi connectivity index (χ4v) is 2.08. The van der Waals surface area contributed by atoms with E-state index < -0.39 is 0 Å². The molecule has 0 saturated heterocycles. The lowest BCUT2D eigenvalue weighted by Gasteiger charge is -2.26. The molecule has 1 rings (SSSR count). The second kappa shape index (κ2) is 5.60. The fraction of sp³-hybridized carbons (Fsp3) is 0.615. The lowest BCUT2D eigenvalue weighted by Crippen LogP contribution is -2.37. The van der Waals surface area contributed by atoms with Crippen LogP contribution in [0.2, 0.25) is 0 Å². The molecule has 1 atom stereocenters. The summed E-state index contributed by atoms with van der Waals surface area (Å²) in [7, 11) is 0. The molecule has 0 amide bonds. The number of Topliss-reactive ketones (excluding diaryl/α,β-unsaturated/α-hetero) is 1. The summed E-state index contributed by atoms with van der Waals surface area (Å²) in [5.74, 6) is 0.274. The predicted octanol–water partition coefficient (Wildman–Crippen LogP) is 3.01. The van der Waals surface area contributed by atoms with E-state index in [9.17, 15) is 4.79 Å². The first-order valence-electron chi connectivity index (χ1n) is 5.69. The molecule has 0 radical (unpaired) electrons. The van der Waals surface area contributed by atoms with Crippen molar-refractivity contribution in [3.8, 4) is 0 Å². The molecular weight excluding hydrogens is 218 g/mol. The molecule has 0 fully saturated rings. The smallest absolute Gasteiger partial charge is 0.134 e. The third kappa shape index (κ3) is 4.45. The largest absolute Gasteiger partial charge is 0.327 e. The second-order valence-electron chi connectivity index (χ2n) is 5.29. The molecule has 2 nitrogen and oxygen atoms in total. The van der Waals surface area contributed by atoms with Gasteiger partial charge in [0.1, 0.15) is 5.78 Å². The van der Waals surface area contributed by atoms with Gasteiger partial charge in [-0.3, -0.25) is 4.79 Å². The molecule has 1 aromatic heterocycles. The highest BCUT2D eigenvalue weighted by atomic mass is 32.1. The summed E-state index contributed by atoms with van der Waals surface area (Å²) in [6, 6.07) is 4.05. The topological polar surface area (TPSA) is 43.1 Å². The average Bonchev–Trinajstić information content (AvgIpc) is 2.65. The van der Waals surface area contributed by atoms with Crippen LogP contribution in [0.4, 0.5) is 0 Å². The lowest BCUT2D eigenvalue weighted by atomic mass is 9.84. The van der Waals surface area contributed by atoms with E-state index in [0.717, 1.165) is 6.42 Å². The first-order valence-corrected chi connectivity index (χ1v) is 6.57. The van der Waals surface area contributed by atoms with E-state index in [1.54, 1.807) is 11.3 Å². The van der Waals surface area contributed by atoms with Gasteiger partial charge in [0.2, 0.25) is 0 Å². The number of hydrogen-bond acceptors (Lipinski definition) is 3. The minimum atomic E-state index is -0.0386. The molecule has 0 aliphatic carbocycles. The molecule has 0 bridgehead atoms. The van der Waals surface area contributed by atoms with E-state index in [2.05, 4.69) is 26.8 Å². The number of carbonyl (C=O) groups is 1. The summed E-state index contributed by atoms with van der Waals surface area (Å²) >= 11 is 1.71. The van der Waals surface area contributed by atoms with Gasteiger partial charge in [0.05, 0.1) is 0 Å². The SMILES string of the molecule is CC(C)(C)C(N)CC(=O)CCc1cccs1. The van der Waals surface area contributed by atoms with Crippen LogP contribution in [0.15, 0.2) is 17.5 Å². The first kappa shape index (κ1) is 13.4. The van der Waals surface area contributed by atoms with Crippen LogP contribution in [0.3, 0.4) is 0 Å². The van der Waals surface area contributed by atoms with Gasteiger partial charge in [0.15, 0.2) is 0 Å². The van der Waals surface area contributed by atoms with Gasteiger partial charge in [-0.05, 0) is 23.3 Å². The molecular formula is C13H21NOS. The van der Waals surface area contributed by atoms with Gasteiger partial charge in [-0.1, -0.05) is 26.8 Å². The Kier molecular flexibility index (Phi) is 4.69. The Bertz CT molecular complexity index is 324. The standard InChI is InChI=1S/C13H21NOS/c1-13(2,3)12(14)9-10(15)6-7-11-5-4-8-16-11/h4-5,8,12H,6-7,9,14H2,1-3H3. The number of hydrogen-bond donors (Lipinski definition) is 1. The maximum atomic E-state index is 11.7. The normalized spacial score (nSPS) is 13.8. The molecule has 1 aromatic rings. The van der Waals surface area contributed by atoms with Crippen molar-refractivity contribution in [1.29, 1.82) is 0 Å². The molecule has 0 aliphatic rings. The van der Waals surface area contributed by atoms with Crippen LogP contribution in [0.25, 0.3) is 0 Å². The number of rotatable bonds is 5. The molecule has 16 heavy (non-hydrogen) atoms. The molecule has 1 heterocycles. The summed E-state index contributed by atoms with van der Waals surface area (Å²) < 4.78 is 0. The van der Waals surface area contributed by atoms with Crippen LogP contribution in [0, 0.1) is 5.41 Å². The van der Waals surface area contributed by atoms with Gasteiger partial charge in [-0.25, -0.2) is 0 Å². The highest BCUT2D eigenvalue weighted by Crippen LogP contribution is 2.21. The van der Waals surface area contributed by atoms with E-state index in [4.69, 9.17) is 5.73 Å². The Balaban J connectivity index is 2.31. The molecule has 0 aliphatic heterocycles. The lowest BCUT2D eigenvalue weighted by molar-refractivity contribution is -0.119. The number of ketones is 1. The Labute approximate surface area is 102 Å². The Morgan fingerprint density at radius 3 is 2.69 bits per heavy atom. The van der Waals surface area contributed by atoms with E-state index in [1.165, 1.54) is 4.88 Å². The zero-order chi connectivity index (χ0) is 12.2. The minimum absolute atomic E-state index is 0.0125. The van der Waals surface area contributed by atoms with Crippen LogP contribution in [0.5, 0.6) is 0 Å².